The van der Waals surface area contributed by atoms with Crippen molar-refractivity contribution in [2.75, 3.05) is 0 Å². The predicted octanol–water partition coefficient (Wildman–Crippen LogP) is -0.155. The molecule has 0 bridgehead atoms. The van der Waals surface area contributed by atoms with Crippen LogP contribution in [0.15, 0.2) is 0 Å². The van der Waals surface area contributed by atoms with Crippen molar-refractivity contribution in [3.05, 3.63) is 0 Å². The Morgan fingerprint density at radius 3 is 2.08 bits per heavy atom. The Labute approximate surface area is 81.4 Å². The second-order valence-corrected chi connectivity index (χ2v) is 3.51. The molecule has 0 spiro atoms. The third-order valence-electron chi connectivity index (χ3n) is 1.85. The molecule has 1 unspecified atom stereocenters. The van der Waals surface area contributed by atoms with E-state index < -0.39 is 27.4 Å². The molecule has 0 aromatic rings. The van der Waals surface area contributed by atoms with E-state index in [0.717, 1.165) is 0 Å². The highest BCUT2D eigenvalue weighted by molar-refractivity contribution is 9.09. The molecule has 0 radical (unpaired) electrons. The highest BCUT2D eigenvalue weighted by Crippen LogP contribution is 2.26. The Morgan fingerprint density at radius 1 is 1.38 bits per heavy atom. The summed E-state index contributed by atoms with van der Waals surface area (Å²) in [5, 5.41) is 18.0. The molecule has 1 atom stereocenters. The first kappa shape index (κ1) is 10.3. The number of nitrogens with zero attached hydrogens (tertiary/aromatic N) is 1. The van der Waals surface area contributed by atoms with Gasteiger partial charge < -0.3 is 5.11 Å². The third-order valence-corrected chi connectivity index (χ3v) is 2.83. The molecule has 7 heteroatoms. The van der Waals surface area contributed by atoms with Crippen molar-refractivity contribution < 1.29 is 29.3 Å². The molecule has 2 amide bonds. The molecular weight excluding hydrogens is 246 g/mol. The molecule has 0 saturated carbocycles. The number of hydrogen-bond acceptors (Lipinski definition) is 4. The van der Waals surface area contributed by atoms with Gasteiger partial charge in [-0.15, -0.1) is 0 Å². The minimum absolute atomic E-state index is 0.120. The number of halogens is 1. The number of hydrogen-bond donors (Lipinski definition) is 2. The van der Waals surface area contributed by atoms with Gasteiger partial charge in [-0.2, -0.15) is 5.21 Å². The maximum absolute atomic E-state index is 11.1. The van der Waals surface area contributed by atoms with E-state index in [2.05, 4.69) is 15.9 Å². The normalized spacial score (nSPS) is 23.2. The molecule has 13 heavy (non-hydrogen) atoms. The number of likely N-dealkylation sites (tertiary alicyclic amines) is 1. The molecule has 2 N–H and O–H groups in total. The number of aliphatic carboxylic acids is 1. The van der Waals surface area contributed by atoms with E-state index >= 15 is 0 Å². The van der Waals surface area contributed by atoms with Crippen LogP contribution in [0.2, 0.25) is 0 Å². The summed E-state index contributed by atoms with van der Waals surface area (Å²) < 4.78 is -1.67. The lowest BCUT2D eigenvalue weighted by Gasteiger charge is -2.21. The van der Waals surface area contributed by atoms with Gasteiger partial charge in [-0.3, -0.25) is 0 Å². The first-order chi connectivity index (χ1) is 5.90. The number of amides is 2. The fraction of sp³-hybridized carbons (Fsp3) is 0.500. The van der Waals surface area contributed by atoms with Gasteiger partial charge in [0.1, 0.15) is 0 Å². The summed E-state index contributed by atoms with van der Waals surface area (Å²) in [5.74, 6) is -3.05. The quantitative estimate of drug-likeness (QED) is 0.234. The average Bonchev–Trinajstić information content (AvgIpc) is 2.32. The lowest BCUT2D eigenvalue weighted by atomic mass is 10.4. The minimum Gasteiger partial charge on any atom is -0.476 e. The van der Waals surface area contributed by atoms with Gasteiger partial charge in [0.25, 0.3) is 4.95 Å². The molecule has 72 valence electrons. The second-order valence-electron chi connectivity index (χ2n) is 2.65. The van der Waals surface area contributed by atoms with Crippen molar-refractivity contribution in [3.8, 4) is 0 Å². The van der Waals surface area contributed by atoms with Crippen LogP contribution in [0.25, 0.3) is 0 Å². The summed E-state index contributed by atoms with van der Waals surface area (Å²) in [6.45, 7) is 0. The lowest BCUT2D eigenvalue weighted by molar-refractivity contribution is -0.971. The van der Waals surface area contributed by atoms with E-state index in [1.54, 1.807) is 0 Å². The van der Waals surface area contributed by atoms with E-state index in [-0.39, 0.29) is 12.8 Å². The maximum atomic E-state index is 11.1. The molecule has 1 rings (SSSR count). The predicted molar refractivity (Wildman–Crippen MR) is 41.6 cm³/mol. The van der Waals surface area contributed by atoms with Crippen LogP contribution in [-0.2, 0) is 14.4 Å². The fourth-order valence-electron chi connectivity index (χ4n) is 1.11. The topological polar surface area (TPSA) is 91.7 Å². The highest BCUT2D eigenvalue weighted by Gasteiger charge is 2.57. The number of alkyl halides is 1. The number of quaternary nitrogens is 1. The Hall–Kier alpha value is -0.790. The fourth-order valence-corrected chi connectivity index (χ4v) is 1.56. The van der Waals surface area contributed by atoms with Crippen molar-refractivity contribution in [1.82, 2.24) is 0 Å². The Balaban J connectivity index is 3.04. The van der Waals surface area contributed by atoms with Crippen molar-refractivity contribution in [3.63, 3.8) is 0 Å². The monoisotopic (exact) mass is 252 g/mol. The molecule has 1 heterocycles. The summed E-state index contributed by atoms with van der Waals surface area (Å²) in [7, 11) is 0. The van der Waals surface area contributed by atoms with Gasteiger partial charge in [0.15, 0.2) is 0 Å². The summed E-state index contributed by atoms with van der Waals surface area (Å²) in [5.41, 5.74) is 0. The molecular formula is C6H7BrNO5+. The van der Waals surface area contributed by atoms with Crippen LogP contribution in [0, 0.1) is 0 Å². The van der Waals surface area contributed by atoms with Gasteiger partial charge in [0.05, 0.1) is 12.8 Å². The number of rotatable bonds is 2. The molecule has 0 aromatic carbocycles. The van der Waals surface area contributed by atoms with E-state index in [9.17, 15) is 19.6 Å². The van der Waals surface area contributed by atoms with Crippen LogP contribution in [-0.4, -0.2) is 37.7 Å². The van der Waals surface area contributed by atoms with Crippen LogP contribution in [0.4, 0.5) is 0 Å². The molecule has 1 aliphatic heterocycles. The summed E-state index contributed by atoms with van der Waals surface area (Å²) in [6.07, 6.45) is -0.241. The Kier molecular flexibility index (Phi) is 2.51. The van der Waals surface area contributed by atoms with Crippen LogP contribution >= 0.6 is 15.9 Å². The first-order valence-corrected chi connectivity index (χ1v) is 4.37. The number of carboxylic acids is 1. The third kappa shape index (κ3) is 1.38. The van der Waals surface area contributed by atoms with E-state index in [4.69, 9.17) is 5.11 Å². The second kappa shape index (κ2) is 3.17. The van der Waals surface area contributed by atoms with Crippen molar-refractivity contribution in [1.29, 1.82) is 0 Å². The smallest absolute Gasteiger partial charge is 0.378 e. The summed E-state index contributed by atoms with van der Waals surface area (Å²) in [4.78, 5) is 31.0. The zero-order chi connectivity index (χ0) is 10.2. The lowest BCUT2D eigenvalue weighted by Crippen LogP contribution is -2.57. The number of carboxylic acid groups (broad SMARTS) is 1. The van der Waals surface area contributed by atoms with Gasteiger partial charge in [0, 0.05) is 0 Å². The van der Waals surface area contributed by atoms with E-state index in [1.165, 1.54) is 0 Å². The minimum atomic E-state index is -1.67. The number of imide groups is 1. The highest BCUT2D eigenvalue weighted by atomic mass is 79.9. The number of hydroxylamine groups is 3. The average molecular weight is 253 g/mol. The molecule has 1 fully saturated rings. The van der Waals surface area contributed by atoms with Crippen LogP contribution in [0.3, 0.4) is 0 Å². The van der Waals surface area contributed by atoms with Gasteiger partial charge in [-0.1, -0.05) is 0 Å². The van der Waals surface area contributed by atoms with Gasteiger partial charge in [-0.25, -0.2) is 14.4 Å². The molecule has 6 nitrogen and oxygen atoms in total. The zero-order valence-electron chi connectivity index (χ0n) is 6.44. The van der Waals surface area contributed by atoms with E-state index in [0.29, 0.717) is 0 Å². The Bertz CT molecular complexity index is 273. The number of carbonyl (C=O) groups is 3. The van der Waals surface area contributed by atoms with Crippen LogP contribution in [0.5, 0.6) is 0 Å². The molecule has 0 aromatic heterocycles. The zero-order valence-corrected chi connectivity index (χ0v) is 8.02. The maximum Gasteiger partial charge on any atom is 0.378 e. The van der Waals surface area contributed by atoms with E-state index in [1.807, 2.05) is 0 Å². The van der Waals surface area contributed by atoms with Crippen molar-refractivity contribution >= 4 is 33.7 Å². The molecule has 1 aliphatic rings. The van der Waals surface area contributed by atoms with Gasteiger partial charge in [-0.05, 0) is 20.6 Å². The van der Waals surface area contributed by atoms with Crippen molar-refractivity contribution in [2.24, 2.45) is 0 Å². The largest absolute Gasteiger partial charge is 0.476 e. The molecule has 1 saturated heterocycles. The number of carbonyl (C=O) groups excluding carboxylic acids is 2. The van der Waals surface area contributed by atoms with Gasteiger partial charge in [0.2, 0.25) is 0 Å². The SMILES string of the molecule is O=C(O)C(Br)[N+]1(O)C(=O)CCC1=O. The Morgan fingerprint density at radius 2 is 1.77 bits per heavy atom. The van der Waals surface area contributed by atoms with Crippen LogP contribution < -0.4 is 0 Å². The first-order valence-electron chi connectivity index (χ1n) is 3.46. The van der Waals surface area contributed by atoms with Gasteiger partial charge >= 0.3 is 17.8 Å². The summed E-state index contributed by atoms with van der Waals surface area (Å²) >= 11 is 2.59. The van der Waals surface area contributed by atoms with Crippen molar-refractivity contribution in [2.45, 2.75) is 17.8 Å². The molecule has 0 aliphatic carbocycles. The standard InChI is InChI=1S/C6H6BrNO5/c7-5(6(11)12)8(13)3(9)1-2-4(8)10/h5,13H,1-2H2/p+1. The van der Waals surface area contributed by atoms with Crippen LogP contribution in [0.1, 0.15) is 12.8 Å². The summed E-state index contributed by atoms with van der Waals surface area (Å²) in [6, 6.07) is 0.